The molecule has 1 aliphatic heterocycles. The number of aliphatic carboxylic acids is 1. The summed E-state index contributed by atoms with van der Waals surface area (Å²) in [4.78, 5) is 24.8. The third kappa shape index (κ3) is 3.41. The van der Waals surface area contributed by atoms with Crippen molar-refractivity contribution in [3.05, 3.63) is 0 Å². The maximum Gasteiger partial charge on any atom is 0.329 e. The van der Waals surface area contributed by atoms with Crippen molar-refractivity contribution in [1.82, 2.24) is 10.2 Å². The number of hydrogen-bond donors (Lipinski definition) is 2. The molecule has 1 aliphatic rings. The molecule has 0 radical (unpaired) electrons. The number of nitrogens with one attached hydrogen (secondary N) is 1. The van der Waals surface area contributed by atoms with Crippen LogP contribution < -0.4 is 5.32 Å². The van der Waals surface area contributed by atoms with Crippen LogP contribution in [-0.4, -0.2) is 60.6 Å². The number of sulfone groups is 1. The Morgan fingerprint density at radius 2 is 2.00 bits per heavy atom. The van der Waals surface area contributed by atoms with E-state index in [2.05, 4.69) is 5.32 Å². The molecule has 2 amide bonds. The minimum Gasteiger partial charge on any atom is -0.479 e. The monoisotopic (exact) mass is 306 g/mol. The molecule has 1 saturated heterocycles. The second-order valence-electron chi connectivity index (χ2n) is 4.91. The molecule has 1 rings (SSSR count). The minimum absolute atomic E-state index is 0.00488. The van der Waals surface area contributed by atoms with Gasteiger partial charge in [-0.2, -0.15) is 0 Å². The molecular formula is C12H22N2O5S. The van der Waals surface area contributed by atoms with E-state index in [1.165, 1.54) is 4.90 Å². The average Bonchev–Trinajstić information content (AvgIpc) is 2.83. The Hall–Kier alpha value is -1.31. The summed E-state index contributed by atoms with van der Waals surface area (Å²) in [5.74, 6) is -1.11. The summed E-state index contributed by atoms with van der Waals surface area (Å²) in [7, 11) is -3.14. The number of carboxylic acid groups (broad SMARTS) is 1. The summed E-state index contributed by atoms with van der Waals surface area (Å²) in [6.07, 6.45) is 1.41. The average molecular weight is 306 g/mol. The standard InChI is InChI=1S/C12H22N2O5S/c1-3-12(10(15)16)6-5-8-14(12)11(17)13-7-9-20(18,19)4-2/h3-9H2,1-2H3,(H,13,17)(H,15,16). The zero-order valence-electron chi connectivity index (χ0n) is 11.9. The van der Waals surface area contributed by atoms with E-state index in [1.807, 2.05) is 0 Å². The molecule has 116 valence electrons. The maximum atomic E-state index is 12.1. The number of nitrogens with zero attached hydrogens (tertiary/aromatic N) is 1. The van der Waals surface area contributed by atoms with Gasteiger partial charge in [0.1, 0.15) is 5.54 Å². The molecule has 20 heavy (non-hydrogen) atoms. The van der Waals surface area contributed by atoms with Crippen molar-refractivity contribution < 1.29 is 23.1 Å². The van der Waals surface area contributed by atoms with Crippen molar-refractivity contribution in [3.8, 4) is 0 Å². The second-order valence-corrected chi connectivity index (χ2v) is 7.39. The van der Waals surface area contributed by atoms with Crippen molar-refractivity contribution >= 4 is 21.8 Å². The molecule has 0 aromatic rings. The Bertz CT molecular complexity index is 476. The van der Waals surface area contributed by atoms with Gasteiger partial charge in [-0.1, -0.05) is 13.8 Å². The Balaban J connectivity index is 2.65. The van der Waals surface area contributed by atoms with Crippen molar-refractivity contribution in [1.29, 1.82) is 0 Å². The van der Waals surface area contributed by atoms with Crippen molar-refractivity contribution in [2.24, 2.45) is 0 Å². The van der Waals surface area contributed by atoms with Gasteiger partial charge >= 0.3 is 12.0 Å². The van der Waals surface area contributed by atoms with Crippen LogP contribution in [0.25, 0.3) is 0 Å². The zero-order chi connectivity index (χ0) is 15.4. The van der Waals surface area contributed by atoms with Crippen LogP contribution in [0.2, 0.25) is 0 Å². The van der Waals surface area contributed by atoms with Crippen LogP contribution >= 0.6 is 0 Å². The summed E-state index contributed by atoms with van der Waals surface area (Å²) in [6.45, 7) is 3.67. The number of likely N-dealkylation sites (tertiary alicyclic amines) is 1. The Labute approximate surface area is 119 Å². The predicted octanol–water partition coefficient (Wildman–Crippen LogP) is 0.460. The normalized spacial score (nSPS) is 22.8. The molecule has 0 spiro atoms. The lowest BCUT2D eigenvalue weighted by Gasteiger charge is -2.33. The molecule has 1 unspecified atom stereocenters. The fraction of sp³-hybridized carbons (Fsp3) is 0.833. The maximum absolute atomic E-state index is 12.1. The number of hydrogen-bond acceptors (Lipinski definition) is 4. The molecule has 0 aromatic carbocycles. The van der Waals surface area contributed by atoms with Crippen molar-refractivity contribution in [2.45, 2.75) is 38.6 Å². The fourth-order valence-electron chi connectivity index (χ4n) is 2.47. The molecule has 1 fully saturated rings. The van der Waals surface area contributed by atoms with E-state index in [0.29, 0.717) is 25.8 Å². The highest BCUT2D eigenvalue weighted by Crippen LogP contribution is 2.32. The third-order valence-electron chi connectivity index (χ3n) is 3.85. The minimum atomic E-state index is -3.14. The first-order valence-corrected chi connectivity index (χ1v) is 8.60. The van der Waals surface area contributed by atoms with Crippen LogP contribution in [0.3, 0.4) is 0 Å². The number of carbonyl (C=O) groups excluding carboxylic acids is 1. The Morgan fingerprint density at radius 3 is 2.50 bits per heavy atom. The Morgan fingerprint density at radius 1 is 1.35 bits per heavy atom. The lowest BCUT2D eigenvalue weighted by atomic mass is 9.93. The van der Waals surface area contributed by atoms with E-state index in [-0.39, 0.29) is 18.1 Å². The summed E-state index contributed by atoms with van der Waals surface area (Å²) in [5, 5.41) is 11.9. The van der Waals surface area contributed by atoms with Gasteiger partial charge in [-0.05, 0) is 19.3 Å². The highest BCUT2D eigenvalue weighted by atomic mass is 32.2. The predicted molar refractivity (Wildman–Crippen MR) is 74.3 cm³/mol. The largest absolute Gasteiger partial charge is 0.479 e. The molecule has 0 saturated carbocycles. The fourth-order valence-corrected chi connectivity index (χ4v) is 3.17. The summed E-state index contributed by atoms with van der Waals surface area (Å²) < 4.78 is 22.7. The van der Waals surface area contributed by atoms with E-state index >= 15 is 0 Å². The van der Waals surface area contributed by atoms with Gasteiger partial charge in [-0.3, -0.25) is 0 Å². The molecule has 1 atom stereocenters. The van der Waals surface area contributed by atoms with Gasteiger partial charge in [-0.15, -0.1) is 0 Å². The molecular weight excluding hydrogens is 284 g/mol. The van der Waals surface area contributed by atoms with Gasteiger partial charge in [0.25, 0.3) is 0 Å². The SMILES string of the molecule is CCC1(C(=O)O)CCCN1C(=O)NCCS(=O)(=O)CC. The van der Waals surface area contributed by atoms with E-state index in [0.717, 1.165) is 0 Å². The number of carboxylic acids is 1. The highest BCUT2D eigenvalue weighted by Gasteiger charge is 2.48. The van der Waals surface area contributed by atoms with Crippen LogP contribution in [0.5, 0.6) is 0 Å². The van der Waals surface area contributed by atoms with Crippen LogP contribution in [0, 0.1) is 0 Å². The third-order valence-corrected chi connectivity index (χ3v) is 5.55. The first-order valence-electron chi connectivity index (χ1n) is 6.78. The molecule has 1 heterocycles. The molecule has 0 bridgehead atoms. The molecule has 0 aliphatic carbocycles. The van der Waals surface area contributed by atoms with Gasteiger partial charge in [0.05, 0.1) is 5.75 Å². The molecule has 2 N–H and O–H groups in total. The van der Waals surface area contributed by atoms with E-state index in [1.54, 1.807) is 13.8 Å². The van der Waals surface area contributed by atoms with Gasteiger partial charge < -0.3 is 15.3 Å². The van der Waals surface area contributed by atoms with Gasteiger partial charge in [0.15, 0.2) is 9.84 Å². The van der Waals surface area contributed by atoms with E-state index in [4.69, 9.17) is 0 Å². The van der Waals surface area contributed by atoms with Crippen molar-refractivity contribution in [3.63, 3.8) is 0 Å². The van der Waals surface area contributed by atoms with Crippen LogP contribution in [0.1, 0.15) is 33.1 Å². The Kier molecular flexibility index (Phi) is 5.38. The zero-order valence-corrected chi connectivity index (χ0v) is 12.7. The molecule has 8 heteroatoms. The molecule has 7 nitrogen and oxygen atoms in total. The highest BCUT2D eigenvalue weighted by molar-refractivity contribution is 7.91. The van der Waals surface area contributed by atoms with Crippen LogP contribution in [0.4, 0.5) is 4.79 Å². The van der Waals surface area contributed by atoms with Gasteiger partial charge in [0, 0.05) is 18.8 Å². The number of rotatable bonds is 6. The topological polar surface area (TPSA) is 104 Å². The summed E-state index contributed by atoms with van der Waals surface area (Å²) in [6, 6.07) is -0.502. The first-order chi connectivity index (χ1) is 9.29. The smallest absolute Gasteiger partial charge is 0.329 e. The lowest BCUT2D eigenvalue weighted by Crippen LogP contribution is -2.56. The van der Waals surface area contributed by atoms with Crippen LogP contribution in [0.15, 0.2) is 0 Å². The molecule has 0 aromatic heterocycles. The second kappa shape index (κ2) is 6.43. The van der Waals surface area contributed by atoms with E-state index < -0.39 is 27.4 Å². The number of carbonyl (C=O) groups is 2. The van der Waals surface area contributed by atoms with Crippen molar-refractivity contribution in [2.75, 3.05) is 24.6 Å². The number of amides is 2. The van der Waals surface area contributed by atoms with Gasteiger partial charge in [-0.25, -0.2) is 18.0 Å². The lowest BCUT2D eigenvalue weighted by molar-refractivity contribution is -0.148. The quantitative estimate of drug-likeness (QED) is 0.742. The number of urea groups is 1. The van der Waals surface area contributed by atoms with Gasteiger partial charge in [0.2, 0.25) is 0 Å². The van der Waals surface area contributed by atoms with E-state index in [9.17, 15) is 23.1 Å². The summed E-state index contributed by atoms with van der Waals surface area (Å²) >= 11 is 0. The first kappa shape index (κ1) is 16.7. The summed E-state index contributed by atoms with van der Waals surface area (Å²) in [5.41, 5.74) is -1.16. The van der Waals surface area contributed by atoms with Crippen LogP contribution in [-0.2, 0) is 14.6 Å².